The monoisotopic (exact) mass is 570 g/mol. The van der Waals surface area contributed by atoms with E-state index in [-0.39, 0.29) is 28.2 Å². The fourth-order valence-electron chi connectivity index (χ4n) is 4.59. The Morgan fingerprint density at radius 3 is 1.95 bits per heavy atom. The van der Waals surface area contributed by atoms with Crippen LogP contribution in [0.25, 0.3) is 28.1 Å². The van der Waals surface area contributed by atoms with Crippen LogP contribution < -0.4 is 0 Å². The van der Waals surface area contributed by atoms with Crippen LogP contribution in [0.5, 0.6) is 0 Å². The first-order chi connectivity index (χ1) is 19.0. The average molecular weight is 571 g/mol. The summed E-state index contributed by atoms with van der Waals surface area (Å²) in [4.78, 5) is 0. The largest absolute Gasteiger partial charge is 0.412 e. The van der Waals surface area contributed by atoms with E-state index in [9.17, 15) is 30.7 Å². The van der Waals surface area contributed by atoms with Gasteiger partial charge >= 0.3 is 6.18 Å². The van der Waals surface area contributed by atoms with E-state index in [1.54, 1.807) is 6.07 Å². The molecule has 0 radical (unpaired) electrons. The highest BCUT2D eigenvalue weighted by Gasteiger charge is 2.28. The Hall–Kier alpha value is -3.24. The number of hydrogen-bond acceptors (Lipinski definition) is 2. The van der Waals surface area contributed by atoms with Crippen LogP contribution in [0.1, 0.15) is 50.0 Å². The molecule has 0 bridgehead atoms. The SMILES string of the molecule is CCCCCC1COC(c2ccc(-c3ccc(-c4cc(F)c(C(F)=CC(F)(F)F)c(F)c4)c(F)c3)c(F)c2)OC1. The fraction of sp³-hybridized carbons (Fsp3) is 0.333. The molecule has 3 aromatic carbocycles. The van der Waals surface area contributed by atoms with Gasteiger partial charge in [0.1, 0.15) is 29.1 Å². The molecule has 0 saturated carbocycles. The van der Waals surface area contributed by atoms with E-state index in [2.05, 4.69) is 6.92 Å². The van der Waals surface area contributed by atoms with Gasteiger partial charge in [-0.25, -0.2) is 22.0 Å². The highest BCUT2D eigenvalue weighted by atomic mass is 19.4. The molecule has 0 N–H and O–H groups in total. The minimum Gasteiger partial charge on any atom is -0.348 e. The van der Waals surface area contributed by atoms with Crippen molar-refractivity contribution in [3.05, 3.63) is 89.0 Å². The first-order valence-electron chi connectivity index (χ1n) is 12.7. The van der Waals surface area contributed by atoms with Crippen molar-refractivity contribution in [1.82, 2.24) is 0 Å². The van der Waals surface area contributed by atoms with Crippen LogP contribution in [-0.2, 0) is 9.47 Å². The van der Waals surface area contributed by atoms with Crippen LogP contribution in [0.15, 0.2) is 54.6 Å². The summed E-state index contributed by atoms with van der Waals surface area (Å²) in [5.41, 5.74) is -1.57. The van der Waals surface area contributed by atoms with E-state index in [0.717, 1.165) is 37.8 Å². The number of allylic oxidation sites excluding steroid dienone is 1. The molecule has 1 aliphatic heterocycles. The molecule has 3 aromatic rings. The van der Waals surface area contributed by atoms with Crippen molar-refractivity contribution in [2.45, 2.75) is 45.1 Å². The van der Waals surface area contributed by atoms with Gasteiger partial charge in [-0.05, 0) is 41.8 Å². The number of rotatable bonds is 8. The molecule has 1 aliphatic rings. The number of ether oxygens (including phenoxy) is 2. The molecule has 0 spiro atoms. The maximum absolute atomic E-state index is 15.0. The zero-order valence-electron chi connectivity index (χ0n) is 21.4. The first-order valence-corrected chi connectivity index (χ1v) is 12.7. The molecule has 2 nitrogen and oxygen atoms in total. The quantitative estimate of drug-likeness (QED) is 0.198. The maximum atomic E-state index is 15.0. The second-order valence-corrected chi connectivity index (χ2v) is 9.64. The van der Waals surface area contributed by atoms with Crippen molar-refractivity contribution in [1.29, 1.82) is 0 Å². The summed E-state index contributed by atoms with van der Waals surface area (Å²) in [5, 5.41) is 0. The van der Waals surface area contributed by atoms with Crippen LogP contribution in [0.2, 0.25) is 0 Å². The molecular formula is C30H26F8O2. The van der Waals surface area contributed by atoms with Gasteiger partial charge in [0.25, 0.3) is 0 Å². The van der Waals surface area contributed by atoms with E-state index >= 15 is 4.39 Å². The lowest BCUT2D eigenvalue weighted by atomic mass is 9.97. The molecule has 4 rings (SSSR count). The van der Waals surface area contributed by atoms with Gasteiger partial charge in [-0.15, -0.1) is 0 Å². The lowest BCUT2D eigenvalue weighted by molar-refractivity contribution is -0.206. The normalized spacial score (nSPS) is 18.3. The zero-order chi connectivity index (χ0) is 29.0. The third-order valence-electron chi connectivity index (χ3n) is 6.61. The van der Waals surface area contributed by atoms with Crippen LogP contribution in [-0.4, -0.2) is 19.4 Å². The summed E-state index contributed by atoms with van der Waals surface area (Å²) in [7, 11) is 0. The van der Waals surface area contributed by atoms with Crippen LogP contribution in [0.3, 0.4) is 0 Å². The maximum Gasteiger partial charge on any atom is 0.412 e. The highest BCUT2D eigenvalue weighted by Crippen LogP contribution is 2.35. The Labute approximate surface area is 226 Å². The van der Waals surface area contributed by atoms with Gasteiger partial charge in [0.15, 0.2) is 6.29 Å². The van der Waals surface area contributed by atoms with E-state index in [1.807, 2.05) is 0 Å². The molecule has 0 unspecified atom stereocenters. The Morgan fingerprint density at radius 1 is 0.800 bits per heavy atom. The Morgan fingerprint density at radius 2 is 1.38 bits per heavy atom. The predicted molar refractivity (Wildman–Crippen MR) is 135 cm³/mol. The summed E-state index contributed by atoms with van der Waals surface area (Å²) < 4.78 is 121. The van der Waals surface area contributed by atoms with Gasteiger partial charge in [0.05, 0.1) is 24.9 Å². The third-order valence-corrected chi connectivity index (χ3v) is 6.61. The molecule has 1 saturated heterocycles. The lowest BCUT2D eigenvalue weighted by Crippen LogP contribution is -2.27. The van der Waals surface area contributed by atoms with E-state index in [1.165, 1.54) is 18.2 Å². The number of hydrogen-bond donors (Lipinski definition) is 0. The van der Waals surface area contributed by atoms with Gasteiger partial charge in [0, 0.05) is 22.6 Å². The van der Waals surface area contributed by atoms with Gasteiger partial charge in [-0.2, -0.15) is 13.2 Å². The molecule has 10 heteroatoms. The van der Waals surface area contributed by atoms with E-state index in [4.69, 9.17) is 9.47 Å². The molecule has 0 atom stereocenters. The molecule has 0 aromatic heterocycles. The number of unbranched alkanes of at least 4 members (excludes halogenated alkanes) is 2. The fourth-order valence-corrected chi connectivity index (χ4v) is 4.59. The number of halogens is 8. The van der Waals surface area contributed by atoms with Crippen molar-refractivity contribution < 1.29 is 44.6 Å². The second-order valence-electron chi connectivity index (χ2n) is 9.64. The highest BCUT2D eigenvalue weighted by molar-refractivity contribution is 5.73. The van der Waals surface area contributed by atoms with E-state index < -0.39 is 53.2 Å². The van der Waals surface area contributed by atoms with Gasteiger partial charge in [0.2, 0.25) is 0 Å². The summed E-state index contributed by atoms with van der Waals surface area (Å²) >= 11 is 0. The second kappa shape index (κ2) is 12.5. The Bertz CT molecular complexity index is 1350. The molecule has 214 valence electrons. The van der Waals surface area contributed by atoms with Gasteiger partial charge in [-0.3, -0.25) is 0 Å². The molecular weight excluding hydrogens is 544 g/mol. The third kappa shape index (κ3) is 7.09. The topological polar surface area (TPSA) is 18.5 Å². The minimum absolute atomic E-state index is 0.0505. The van der Waals surface area contributed by atoms with Crippen molar-refractivity contribution in [3.8, 4) is 22.3 Å². The van der Waals surface area contributed by atoms with Crippen molar-refractivity contribution >= 4 is 5.83 Å². The van der Waals surface area contributed by atoms with Crippen molar-refractivity contribution in [2.75, 3.05) is 13.2 Å². The summed E-state index contributed by atoms with van der Waals surface area (Å²) in [5.74, 6) is -6.81. The smallest absolute Gasteiger partial charge is 0.348 e. The molecule has 1 fully saturated rings. The molecule has 1 heterocycles. The predicted octanol–water partition coefficient (Wildman–Crippen LogP) is 9.69. The lowest BCUT2D eigenvalue weighted by Gasteiger charge is -2.29. The van der Waals surface area contributed by atoms with E-state index in [0.29, 0.717) is 30.9 Å². The average Bonchev–Trinajstić information content (AvgIpc) is 2.87. The Balaban J connectivity index is 1.51. The molecule has 40 heavy (non-hydrogen) atoms. The molecule has 0 aliphatic carbocycles. The number of alkyl halides is 3. The van der Waals surface area contributed by atoms with Crippen LogP contribution >= 0.6 is 0 Å². The minimum atomic E-state index is -5.13. The summed E-state index contributed by atoms with van der Waals surface area (Å²) in [6, 6.07) is 8.72. The van der Waals surface area contributed by atoms with Crippen LogP contribution in [0, 0.1) is 29.2 Å². The van der Waals surface area contributed by atoms with Crippen LogP contribution in [0.4, 0.5) is 35.1 Å². The Kier molecular flexibility index (Phi) is 9.30. The van der Waals surface area contributed by atoms with Crippen molar-refractivity contribution in [3.63, 3.8) is 0 Å². The van der Waals surface area contributed by atoms with Gasteiger partial charge in [-0.1, -0.05) is 50.5 Å². The summed E-state index contributed by atoms with van der Waals surface area (Å²) in [6.07, 6.45) is -2.40. The van der Waals surface area contributed by atoms with Gasteiger partial charge < -0.3 is 9.47 Å². The number of benzene rings is 3. The van der Waals surface area contributed by atoms with Crippen molar-refractivity contribution in [2.24, 2.45) is 5.92 Å². The standard InChI is InChI=1S/C30H26F8O2/c1-2-3-4-5-17-15-39-29(40-16-17)19-7-9-21(24(32)11-19)18-6-8-22(23(31)10-18)20-12-25(33)28(26(34)13-20)27(35)14-30(36,37)38/h6-14,17,29H,2-5,15-16H2,1H3. The molecule has 0 amide bonds. The first kappa shape index (κ1) is 29.7. The summed E-state index contributed by atoms with van der Waals surface area (Å²) in [6.45, 7) is 3.12. The zero-order valence-corrected chi connectivity index (χ0v) is 21.4.